The van der Waals surface area contributed by atoms with Crippen molar-refractivity contribution in [1.82, 2.24) is 0 Å². The van der Waals surface area contributed by atoms with E-state index in [-0.39, 0.29) is 17.3 Å². The number of nitrogens with two attached hydrogens (primary N) is 1. The molecule has 0 fully saturated rings. The predicted octanol–water partition coefficient (Wildman–Crippen LogP) is 3.60. The lowest BCUT2D eigenvalue weighted by atomic mass is 10.0. The molecule has 3 N–H and O–H groups in total. The van der Waals surface area contributed by atoms with Crippen LogP contribution in [0.3, 0.4) is 0 Å². The number of para-hydroxylation sites is 1. The Morgan fingerprint density at radius 3 is 2.65 bits per heavy atom. The molecule has 3 aromatic rings. The molecule has 5 nitrogen and oxygen atoms in total. The van der Waals surface area contributed by atoms with Crippen LogP contribution in [-0.4, -0.2) is 11.7 Å². The van der Waals surface area contributed by atoms with Crippen LogP contribution in [0, 0.1) is 13.8 Å². The van der Waals surface area contributed by atoms with Crippen molar-refractivity contribution in [3.63, 3.8) is 0 Å². The summed E-state index contributed by atoms with van der Waals surface area (Å²) in [7, 11) is 0. The Hall–Kier alpha value is -2.73. The molecule has 0 saturated carbocycles. The summed E-state index contributed by atoms with van der Waals surface area (Å²) >= 11 is 1.38. The van der Waals surface area contributed by atoms with E-state index in [1.807, 2.05) is 50.2 Å². The number of anilines is 1. The summed E-state index contributed by atoms with van der Waals surface area (Å²) in [5, 5.41) is 4.27. The van der Waals surface area contributed by atoms with Crippen LogP contribution in [0.4, 0.5) is 5.69 Å². The summed E-state index contributed by atoms with van der Waals surface area (Å²) in [4.78, 5) is 23.9. The third kappa shape index (κ3) is 4.08. The number of hydrogen-bond acceptors (Lipinski definition) is 5. The topological polar surface area (TPSA) is 85.3 Å². The van der Waals surface area contributed by atoms with Gasteiger partial charge in [-0.2, -0.15) is 0 Å². The number of thioether (sulfide) groups is 1. The van der Waals surface area contributed by atoms with Crippen molar-refractivity contribution in [2.45, 2.75) is 25.3 Å². The van der Waals surface area contributed by atoms with Gasteiger partial charge < -0.3 is 15.5 Å². The van der Waals surface area contributed by atoms with Gasteiger partial charge in [0.25, 0.3) is 0 Å². The highest BCUT2D eigenvalue weighted by Gasteiger charge is 2.09. The molecular formula is C20H20N2O3S. The van der Waals surface area contributed by atoms with Crippen molar-refractivity contribution in [3.8, 4) is 0 Å². The maximum Gasteiger partial charge on any atom is 0.336 e. The summed E-state index contributed by atoms with van der Waals surface area (Å²) in [5.41, 5.74) is 9.45. The smallest absolute Gasteiger partial charge is 0.336 e. The first-order valence-corrected chi connectivity index (χ1v) is 9.20. The summed E-state index contributed by atoms with van der Waals surface area (Å²) in [6.45, 7) is 4.50. The third-order valence-corrected chi connectivity index (χ3v) is 5.27. The zero-order valence-corrected chi connectivity index (χ0v) is 15.5. The highest BCUT2D eigenvalue weighted by Crippen LogP contribution is 2.28. The molecule has 1 heterocycles. The molecule has 3 rings (SSSR count). The number of benzene rings is 2. The van der Waals surface area contributed by atoms with Crippen molar-refractivity contribution in [2.24, 2.45) is 5.73 Å². The van der Waals surface area contributed by atoms with Gasteiger partial charge in [0.2, 0.25) is 5.91 Å². The number of rotatable bonds is 6. The summed E-state index contributed by atoms with van der Waals surface area (Å²) in [6.07, 6.45) is 0. The molecule has 0 radical (unpaired) electrons. The van der Waals surface area contributed by atoms with Crippen LogP contribution in [-0.2, 0) is 11.3 Å². The fourth-order valence-electron chi connectivity index (χ4n) is 2.71. The molecule has 1 aromatic heterocycles. The predicted molar refractivity (Wildman–Crippen MR) is 106 cm³/mol. The van der Waals surface area contributed by atoms with E-state index in [0.717, 1.165) is 32.7 Å². The maximum absolute atomic E-state index is 11.9. The van der Waals surface area contributed by atoms with Gasteiger partial charge in [-0.1, -0.05) is 12.1 Å². The number of amides is 1. The van der Waals surface area contributed by atoms with Crippen molar-refractivity contribution in [1.29, 1.82) is 0 Å². The van der Waals surface area contributed by atoms with Crippen LogP contribution in [0.2, 0.25) is 0 Å². The Morgan fingerprint density at radius 2 is 1.88 bits per heavy atom. The molecule has 0 atom stereocenters. The molecule has 0 bridgehead atoms. The van der Waals surface area contributed by atoms with Gasteiger partial charge in [0, 0.05) is 28.6 Å². The van der Waals surface area contributed by atoms with Crippen molar-refractivity contribution < 1.29 is 9.21 Å². The normalized spacial score (nSPS) is 10.8. The molecule has 2 aromatic carbocycles. The number of carbonyl (C=O) groups is 1. The van der Waals surface area contributed by atoms with Crippen LogP contribution < -0.4 is 16.7 Å². The van der Waals surface area contributed by atoms with E-state index in [2.05, 4.69) is 5.32 Å². The van der Waals surface area contributed by atoms with E-state index in [0.29, 0.717) is 12.1 Å². The fraction of sp³-hybridized carbons (Fsp3) is 0.200. The van der Waals surface area contributed by atoms with E-state index in [1.54, 1.807) is 0 Å². The number of aryl methyl sites for hydroxylation is 2. The minimum Gasteiger partial charge on any atom is -0.423 e. The zero-order valence-electron chi connectivity index (χ0n) is 14.7. The second-order valence-electron chi connectivity index (χ2n) is 6.13. The standard InChI is InChI=1S/C20H20N2O3S/c1-12-7-15-14(9-20(24)25-17(15)8-13(12)2)10-22-16-5-3-4-6-18(16)26-11-19(21)23/h3-9,22H,10-11H2,1-2H3,(H2,21,23). The van der Waals surface area contributed by atoms with Gasteiger partial charge in [-0.05, 0) is 54.8 Å². The summed E-state index contributed by atoms with van der Waals surface area (Å²) in [5.74, 6) is -0.142. The molecule has 134 valence electrons. The molecule has 0 aliphatic heterocycles. The zero-order chi connectivity index (χ0) is 18.7. The monoisotopic (exact) mass is 368 g/mol. The van der Waals surface area contributed by atoms with Gasteiger partial charge in [-0.15, -0.1) is 11.8 Å². The van der Waals surface area contributed by atoms with Crippen molar-refractivity contribution >= 4 is 34.3 Å². The molecule has 0 aliphatic carbocycles. The Bertz CT molecular complexity index is 1030. The van der Waals surface area contributed by atoms with Crippen molar-refractivity contribution in [3.05, 3.63) is 69.6 Å². The van der Waals surface area contributed by atoms with Crippen LogP contribution in [0.15, 0.2) is 56.6 Å². The Kier molecular flexibility index (Phi) is 5.32. The number of hydrogen-bond donors (Lipinski definition) is 2. The first kappa shape index (κ1) is 18.1. The quantitative estimate of drug-likeness (QED) is 0.513. The van der Waals surface area contributed by atoms with Gasteiger partial charge in [0.05, 0.1) is 5.75 Å². The molecule has 0 unspecified atom stereocenters. The number of primary amides is 1. The number of nitrogens with one attached hydrogen (secondary N) is 1. The molecule has 0 spiro atoms. The molecular weight excluding hydrogens is 348 g/mol. The lowest BCUT2D eigenvalue weighted by molar-refractivity contribution is -0.115. The Balaban J connectivity index is 1.90. The Labute approximate surface area is 155 Å². The maximum atomic E-state index is 11.9. The highest BCUT2D eigenvalue weighted by atomic mass is 32.2. The van der Waals surface area contributed by atoms with E-state index in [4.69, 9.17) is 10.2 Å². The summed E-state index contributed by atoms with van der Waals surface area (Å²) < 4.78 is 5.34. The second kappa shape index (κ2) is 7.66. The van der Waals surface area contributed by atoms with Crippen LogP contribution >= 0.6 is 11.8 Å². The molecule has 26 heavy (non-hydrogen) atoms. The first-order valence-electron chi connectivity index (χ1n) is 8.22. The second-order valence-corrected chi connectivity index (χ2v) is 7.15. The fourth-order valence-corrected chi connectivity index (χ4v) is 3.48. The van der Waals surface area contributed by atoms with Gasteiger partial charge in [-0.3, -0.25) is 4.79 Å². The number of carbonyl (C=O) groups excluding carboxylic acids is 1. The van der Waals surface area contributed by atoms with E-state index < -0.39 is 0 Å². The van der Waals surface area contributed by atoms with Crippen LogP contribution in [0.25, 0.3) is 11.0 Å². The minimum atomic E-state index is -0.367. The SMILES string of the molecule is Cc1cc2oc(=O)cc(CNc3ccccc3SCC(N)=O)c2cc1C. The molecule has 0 aliphatic rings. The largest absolute Gasteiger partial charge is 0.423 e. The van der Waals surface area contributed by atoms with E-state index >= 15 is 0 Å². The molecule has 1 amide bonds. The van der Waals surface area contributed by atoms with Crippen LogP contribution in [0.1, 0.15) is 16.7 Å². The average molecular weight is 368 g/mol. The molecule has 0 saturated heterocycles. The van der Waals surface area contributed by atoms with Gasteiger partial charge in [0.15, 0.2) is 0 Å². The summed E-state index contributed by atoms with van der Waals surface area (Å²) in [6, 6.07) is 13.1. The first-order chi connectivity index (χ1) is 12.4. The van der Waals surface area contributed by atoms with Gasteiger partial charge >= 0.3 is 5.63 Å². The van der Waals surface area contributed by atoms with E-state index in [1.165, 1.54) is 17.8 Å². The lowest BCUT2D eigenvalue weighted by Gasteiger charge is -2.13. The lowest BCUT2D eigenvalue weighted by Crippen LogP contribution is -2.13. The van der Waals surface area contributed by atoms with Gasteiger partial charge in [0.1, 0.15) is 5.58 Å². The van der Waals surface area contributed by atoms with Crippen LogP contribution in [0.5, 0.6) is 0 Å². The van der Waals surface area contributed by atoms with E-state index in [9.17, 15) is 9.59 Å². The third-order valence-electron chi connectivity index (χ3n) is 4.17. The Morgan fingerprint density at radius 1 is 1.15 bits per heavy atom. The molecule has 6 heteroatoms. The highest BCUT2D eigenvalue weighted by molar-refractivity contribution is 8.00. The number of fused-ring (bicyclic) bond motifs is 1. The average Bonchev–Trinajstić information content (AvgIpc) is 2.60. The minimum absolute atomic E-state index is 0.217. The van der Waals surface area contributed by atoms with Gasteiger partial charge in [-0.25, -0.2) is 4.79 Å². The van der Waals surface area contributed by atoms with Crippen molar-refractivity contribution in [2.75, 3.05) is 11.1 Å².